The van der Waals surface area contributed by atoms with Gasteiger partial charge < -0.3 is 14.2 Å². The van der Waals surface area contributed by atoms with Gasteiger partial charge in [0.05, 0.1) is 31.6 Å². The zero-order valence-corrected chi connectivity index (χ0v) is 18.4. The van der Waals surface area contributed by atoms with Gasteiger partial charge in [-0.25, -0.2) is 4.98 Å². The number of nitrogens with zero attached hydrogens (tertiary/aromatic N) is 2. The van der Waals surface area contributed by atoms with Crippen molar-refractivity contribution in [2.24, 2.45) is 0 Å². The number of hydrogen-bond donors (Lipinski definition) is 0. The van der Waals surface area contributed by atoms with Crippen LogP contribution in [0.4, 0.5) is 0 Å². The molecule has 0 radical (unpaired) electrons. The molecule has 5 nitrogen and oxygen atoms in total. The lowest BCUT2D eigenvalue weighted by Gasteiger charge is -2.24. The first-order valence-electron chi connectivity index (χ1n) is 9.78. The van der Waals surface area contributed by atoms with Crippen molar-refractivity contribution in [3.8, 4) is 22.1 Å². The Morgan fingerprint density at radius 2 is 2.10 bits per heavy atom. The predicted molar refractivity (Wildman–Crippen MR) is 118 cm³/mol. The van der Waals surface area contributed by atoms with Crippen molar-refractivity contribution in [1.29, 1.82) is 0 Å². The van der Waals surface area contributed by atoms with Crippen LogP contribution < -0.4 is 9.47 Å². The third kappa shape index (κ3) is 5.17. The topological polar surface area (TPSA) is 43.8 Å². The zero-order chi connectivity index (χ0) is 20.1. The monoisotopic (exact) mass is 430 g/mol. The normalized spacial score (nSPS) is 16.4. The molecular formula is C22H26N2O3S2. The molecule has 1 saturated heterocycles. The summed E-state index contributed by atoms with van der Waals surface area (Å²) in [7, 11) is 3.34. The molecule has 0 spiro atoms. The lowest BCUT2D eigenvalue weighted by Crippen LogP contribution is -2.31. The van der Waals surface area contributed by atoms with Gasteiger partial charge in [-0.15, -0.1) is 22.7 Å². The molecule has 0 unspecified atom stereocenters. The van der Waals surface area contributed by atoms with Crippen LogP contribution in [-0.2, 0) is 17.8 Å². The van der Waals surface area contributed by atoms with E-state index in [-0.39, 0.29) is 0 Å². The summed E-state index contributed by atoms with van der Waals surface area (Å²) in [4.78, 5) is 8.73. The number of hydrogen-bond acceptors (Lipinski definition) is 7. The number of methoxy groups -OCH3 is 2. The van der Waals surface area contributed by atoms with Crippen molar-refractivity contribution in [1.82, 2.24) is 9.88 Å². The van der Waals surface area contributed by atoms with Crippen LogP contribution in [0.1, 0.15) is 23.4 Å². The predicted octanol–water partition coefficient (Wildman–Crippen LogP) is 5.07. The van der Waals surface area contributed by atoms with E-state index in [0.717, 1.165) is 66.8 Å². The number of thiophene rings is 1. The minimum absolute atomic E-state index is 0.328. The van der Waals surface area contributed by atoms with Gasteiger partial charge in [-0.2, -0.15) is 0 Å². The summed E-state index contributed by atoms with van der Waals surface area (Å²) in [5, 5.41) is 5.25. The van der Waals surface area contributed by atoms with Crippen LogP contribution in [0.15, 0.2) is 41.1 Å². The van der Waals surface area contributed by atoms with Crippen molar-refractivity contribution in [2.75, 3.05) is 27.4 Å². The SMILES string of the molecule is COc1ccc(-c2nc(CN(Cc3cccs3)C[C@H]3CCCO3)cs2)c(OC)c1. The molecule has 3 heterocycles. The Balaban J connectivity index is 1.50. The summed E-state index contributed by atoms with van der Waals surface area (Å²) in [6.45, 7) is 3.56. The number of ether oxygens (including phenoxy) is 3. The minimum Gasteiger partial charge on any atom is -0.497 e. The fourth-order valence-corrected chi connectivity index (χ4v) is 5.18. The maximum atomic E-state index is 5.88. The fourth-order valence-electron chi connectivity index (χ4n) is 3.59. The van der Waals surface area contributed by atoms with E-state index in [1.54, 1.807) is 36.9 Å². The summed E-state index contributed by atoms with van der Waals surface area (Å²) < 4.78 is 16.7. The van der Waals surface area contributed by atoms with Crippen molar-refractivity contribution >= 4 is 22.7 Å². The smallest absolute Gasteiger partial charge is 0.132 e. The van der Waals surface area contributed by atoms with Crippen LogP contribution in [0.2, 0.25) is 0 Å². The highest BCUT2D eigenvalue weighted by Crippen LogP contribution is 2.35. The first kappa shape index (κ1) is 20.3. The molecule has 154 valence electrons. The third-order valence-electron chi connectivity index (χ3n) is 5.02. The standard InChI is InChI=1S/C22H26N2O3S2/c1-25-17-7-8-20(21(11-17)26-2)22-23-16(15-29-22)12-24(13-18-5-3-9-27-18)14-19-6-4-10-28-19/h4,6-8,10-11,15,18H,3,5,9,12-14H2,1-2H3/t18-/m1/s1. The maximum Gasteiger partial charge on any atom is 0.132 e. The Labute approximate surface area is 179 Å². The van der Waals surface area contributed by atoms with Crippen LogP contribution in [0.25, 0.3) is 10.6 Å². The number of benzene rings is 1. The molecule has 3 aromatic rings. The van der Waals surface area contributed by atoms with E-state index in [2.05, 4.69) is 27.8 Å². The molecule has 4 rings (SSSR count). The van der Waals surface area contributed by atoms with Gasteiger partial charge in [-0.05, 0) is 36.4 Å². The molecule has 1 fully saturated rings. The van der Waals surface area contributed by atoms with Gasteiger partial charge in [0.1, 0.15) is 16.5 Å². The molecule has 1 aromatic carbocycles. The quantitative estimate of drug-likeness (QED) is 0.474. The van der Waals surface area contributed by atoms with Crippen molar-refractivity contribution < 1.29 is 14.2 Å². The van der Waals surface area contributed by atoms with Gasteiger partial charge in [-0.3, -0.25) is 4.90 Å². The van der Waals surface area contributed by atoms with Crippen molar-refractivity contribution in [3.05, 3.63) is 51.7 Å². The second-order valence-electron chi connectivity index (χ2n) is 7.09. The van der Waals surface area contributed by atoms with Gasteiger partial charge in [0, 0.05) is 42.6 Å². The van der Waals surface area contributed by atoms with E-state index < -0.39 is 0 Å². The average molecular weight is 431 g/mol. The van der Waals surface area contributed by atoms with Gasteiger partial charge >= 0.3 is 0 Å². The largest absolute Gasteiger partial charge is 0.497 e. The van der Waals surface area contributed by atoms with Gasteiger partial charge in [0.25, 0.3) is 0 Å². The highest BCUT2D eigenvalue weighted by Gasteiger charge is 2.21. The van der Waals surface area contributed by atoms with Gasteiger partial charge in [0.15, 0.2) is 0 Å². The Morgan fingerprint density at radius 1 is 1.17 bits per heavy atom. The summed E-state index contributed by atoms with van der Waals surface area (Å²) >= 11 is 3.45. The molecule has 2 aromatic heterocycles. The molecule has 7 heteroatoms. The fraction of sp³-hybridized carbons (Fsp3) is 0.409. The number of rotatable bonds is 9. The second-order valence-corrected chi connectivity index (χ2v) is 8.98. The van der Waals surface area contributed by atoms with Gasteiger partial charge in [-0.1, -0.05) is 6.07 Å². The Kier molecular flexibility index (Phi) is 6.82. The average Bonchev–Trinajstić information content (AvgIpc) is 3.51. The molecule has 0 bridgehead atoms. The Hall–Kier alpha value is -1.93. The van der Waals surface area contributed by atoms with E-state index in [1.165, 1.54) is 4.88 Å². The van der Waals surface area contributed by atoms with Crippen LogP contribution in [0.5, 0.6) is 11.5 Å². The van der Waals surface area contributed by atoms with Gasteiger partial charge in [0.2, 0.25) is 0 Å². The van der Waals surface area contributed by atoms with E-state index in [4.69, 9.17) is 19.2 Å². The van der Waals surface area contributed by atoms with Crippen molar-refractivity contribution in [2.45, 2.75) is 32.0 Å². The third-order valence-corrected chi connectivity index (χ3v) is 6.81. The van der Waals surface area contributed by atoms with E-state index in [1.807, 2.05) is 18.2 Å². The zero-order valence-electron chi connectivity index (χ0n) is 16.8. The number of aromatic nitrogens is 1. The van der Waals surface area contributed by atoms with E-state index >= 15 is 0 Å². The highest BCUT2D eigenvalue weighted by molar-refractivity contribution is 7.13. The summed E-state index contributed by atoms with van der Waals surface area (Å²) in [6, 6.07) is 10.2. The molecule has 0 N–H and O–H groups in total. The molecule has 29 heavy (non-hydrogen) atoms. The maximum absolute atomic E-state index is 5.88. The van der Waals surface area contributed by atoms with E-state index in [0.29, 0.717) is 6.10 Å². The van der Waals surface area contributed by atoms with E-state index in [9.17, 15) is 0 Å². The molecule has 0 aliphatic carbocycles. The summed E-state index contributed by atoms with van der Waals surface area (Å²) in [5.41, 5.74) is 2.07. The highest BCUT2D eigenvalue weighted by atomic mass is 32.1. The first-order chi connectivity index (χ1) is 14.2. The lowest BCUT2D eigenvalue weighted by molar-refractivity contribution is 0.0679. The molecule has 0 amide bonds. The molecule has 1 aliphatic rings. The Bertz CT molecular complexity index is 905. The molecule has 1 atom stereocenters. The molecule has 0 saturated carbocycles. The van der Waals surface area contributed by atoms with Crippen LogP contribution in [0, 0.1) is 0 Å². The van der Waals surface area contributed by atoms with Crippen LogP contribution >= 0.6 is 22.7 Å². The van der Waals surface area contributed by atoms with Crippen LogP contribution in [0.3, 0.4) is 0 Å². The summed E-state index contributed by atoms with van der Waals surface area (Å²) in [6.07, 6.45) is 2.64. The number of thiazole rings is 1. The Morgan fingerprint density at radius 3 is 2.83 bits per heavy atom. The summed E-state index contributed by atoms with van der Waals surface area (Å²) in [5.74, 6) is 1.56. The van der Waals surface area contributed by atoms with Crippen molar-refractivity contribution in [3.63, 3.8) is 0 Å². The molecular weight excluding hydrogens is 404 g/mol. The lowest BCUT2D eigenvalue weighted by atomic mass is 10.2. The minimum atomic E-state index is 0.328. The second kappa shape index (κ2) is 9.71. The van der Waals surface area contributed by atoms with Crippen LogP contribution in [-0.4, -0.2) is 43.4 Å². The first-order valence-corrected chi connectivity index (χ1v) is 11.5. The molecule has 1 aliphatic heterocycles.